The van der Waals surface area contributed by atoms with Crippen molar-refractivity contribution in [3.8, 4) is 0 Å². The number of carbonyl (C=O) groups is 1. The molecule has 0 aliphatic heterocycles. The molecular formula is C11H21NO2. The zero-order chi connectivity index (χ0) is 10.6. The average Bonchev–Trinajstić information content (AvgIpc) is 2.94. The zero-order valence-electron chi connectivity index (χ0n) is 9.43. The van der Waals surface area contributed by atoms with Gasteiger partial charge in [-0.2, -0.15) is 0 Å². The third-order valence-corrected chi connectivity index (χ3v) is 2.73. The van der Waals surface area contributed by atoms with E-state index >= 15 is 0 Å². The number of hydrogen-bond acceptors (Lipinski definition) is 3. The van der Waals surface area contributed by atoms with Crippen LogP contribution in [0.25, 0.3) is 0 Å². The van der Waals surface area contributed by atoms with E-state index in [2.05, 4.69) is 5.32 Å². The minimum absolute atomic E-state index is 0.142. The topological polar surface area (TPSA) is 38.3 Å². The standard InChI is InChI=1S/C11H21NO2/c1-11(2,10(13)14-3)8-12-7-6-9-4-5-9/h9,12H,4-8H2,1-3H3. The van der Waals surface area contributed by atoms with Crippen molar-refractivity contribution in [3.05, 3.63) is 0 Å². The molecule has 1 aliphatic rings. The van der Waals surface area contributed by atoms with E-state index in [-0.39, 0.29) is 5.97 Å². The summed E-state index contributed by atoms with van der Waals surface area (Å²) in [5.41, 5.74) is -0.404. The van der Waals surface area contributed by atoms with Crippen molar-refractivity contribution in [2.24, 2.45) is 11.3 Å². The summed E-state index contributed by atoms with van der Waals surface area (Å²) < 4.78 is 4.73. The highest BCUT2D eigenvalue weighted by Crippen LogP contribution is 2.31. The molecule has 1 N–H and O–H groups in total. The van der Waals surface area contributed by atoms with E-state index in [1.54, 1.807) is 0 Å². The zero-order valence-corrected chi connectivity index (χ0v) is 9.43. The molecule has 82 valence electrons. The number of methoxy groups -OCH3 is 1. The number of carbonyl (C=O) groups excluding carboxylic acids is 1. The Bertz CT molecular complexity index is 197. The van der Waals surface area contributed by atoms with Gasteiger partial charge in [-0.3, -0.25) is 4.79 Å². The minimum atomic E-state index is -0.404. The first-order chi connectivity index (χ1) is 6.56. The average molecular weight is 199 g/mol. The lowest BCUT2D eigenvalue weighted by atomic mass is 9.94. The lowest BCUT2D eigenvalue weighted by molar-refractivity contribution is -0.150. The van der Waals surface area contributed by atoms with Crippen LogP contribution in [0.4, 0.5) is 0 Å². The molecule has 0 atom stereocenters. The Morgan fingerprint density at radius 2 is 2.14 bits per heavy atom. The highest BCUT2D eigenvalue weighted by atomic mass is 16.5. The van der Waals surface area contributed by atoms with E-state index in [0.29, 0.717) is 6.54 Å². The van der Waals surface area contributed by atoms with Crippen LogP contribution in [0.2, 0.25) is 0 Å². The molecule has 1 saturated carbocycles. The molecule has 3 nitrogen and oxygen atoms in total. The second-order valence-corrected chi connectivity index (χ2v) is 4.78. The van der Waals surface area contributed by atoms with Crippen LogP contribution in [-0.2, 0) is 9.53 Å². The number of esters is 1. The van der Waals surface area contributed by atoms with Gasteiger partial charge in [0.1, 0.15) is 0 Å². The third-order valence-electron chi connectivity index (χ3n) is 2.73. The van der Waals surface area contributed by atoms with Gasteiger partial charge in [0.25, 0.3) is 0 Å². The van der Waals surface area contributed by atoms with Gasteiger partial charge in [-0.05, 0) is 32.7 Å². The van der Waals surface area contributed by atoms with Crippen molar-refractivity contribution < 1.29 is 9.53 Å². The quantitative estimate of drug-likeness (QED) is 0.521. The number of hydrogen-bond donors (Lipinski definition) is 1. The van der Waals surface area contributed by atoms with Gasteiger partial charge in [-0.15, -0.1) is 0 Å². The molecule has 0 aromatic rings. The van der Waals surface area contributed by atoms with Gasteiger partial charge in [-0.25, -0.2) is 0 Å². The molecule has 0 unspecified atom stereocenters. The Balaban J connectivity index is 2.10. The normalized spacial score (nSPS) is 16.8. The molecule has 14 heavy (non-hydrogen) atoms. The number of nitrogens with one attached hydrogen (secondary N) is 1. The summed E-state index contributed by atoms with van der Waals surface area (Å²) in [7, 11) is 1.44. The molecule has 0 aromatic carbocycles. The first-order valence-corrected chi connectivity index (χ1v) is 5.35. The Labute approximate surface area is 86.2 Å². The van der Waals surface area contributed by atoms with E-state index in [0.717, 1.165) is 12.5 Å². The van der Waals surface area contributed by atoms with Crippen LogP contribution in [0.5, 0.6) is 0 Å². The highest BCUT2D eigenvalue weighted by molar-refractivity contribution is 5.75. The molecule has 0 radical (unpaired) electrons. The summed E-state index contributed by atoms with van der Waals surface area (Å²) in [4.78, 5) is 11.3. The predicted molar refractivity (Wildman–Crippen MR) is 56.0 cm³/mol. The van der Waals surface area contributed by atoms with Gasteiger partial charge in [0.05, 0.1) is 12.5 Å². The molecule has 1 aliphatic carbocycles. The molecule has 0 spiro atoms. The Kier molecular flexibility index (Phi) is 3.93. The maximum absolute atomic E-state index is 11.3. The van der Waals surface area contributed by atoms with Gasteiger partial charge in [0.15, 0.2) is 0 Å². The van der Waals surface area contributed by atoms with E-state index < -0.39 is 5.41 Å². The maximum Gasteiger partial charge on any atom is 0.312 e. The van der Waals surface area contributed by atoms with Crippen molar-refractivity contribution in [1.82, 2.24) is 5.32 Å². The van der Waals surface area contributed by atoms with Gasteiger partial charge in [0.2, 0.25) is 0 Å². The SMILES string of the molecule is COC(=O)C(C)(C)CNCCC1CC1. The van der Waals surface area contributed by atoms with Crippen molar-refractivity contribution in [3.63, 3.8) is 0 Å². The molecule has 0 heterocycles. The first-order valence-electron chi connectivity index (χ1n) is 5.35. The fraction of sp³-hybridized carbons (Fsp3) is 0.909. The third kappa shape index (κ3) is 3.66. The highest BCUT2D eigenvalue weighted by Gasteiger charge is 2.28. The van der Waals surface area contributed by atoms with E-state index in [1.807, 2.05) is 13.8 Å². The second kappa shape index (κ2) is 4.78. The molecule has 0 aromatic heterocycles. The van der Waals surface area contributed by atoms with Crippen LogP contribution in [0.15, 0.2) is 0 Å². The van der Waals surface area contributed by atoms with E-state index in [9.17, 15) is 4.79 Å². The minimum Gasteiger partial charge on any atom is -0.469 e. The summed E-state index contributed by atoms with van der Waals surface area (Å²) in [5.74, 6) is 0.806. The van der Waals surface area contributed by atoms with Crippen LogP contribution in [0, 0.1) is 11.3 Å². The molecular weight excluding hydrogens is 178 g/mol. The lowest BCUT2D eigenvalue weighted by Gasteiger charge is -2.21. The van der Waals surface area contributed by atoms with Crippen molar-refractivity contribution >= 4 is 5.97 Å². The fourth-order valence-electron chi connectivity index (χ4n) is 1.46. The molecule has 1 fully saturated rings. The van der Waals surface area contributed by atoms with Crippen LogP contribution in [-0.4, -0.2) is 26.2 Å². The molecule has 1 rings (SSSR count). The Morgan fingerprint density at radius 3 is 2.64 bits per heavy atom. The Hall–Kier alpha value is -0.570. The summed E-state index contributed by atoms with van der Waals surface area (Å²) >= 11 is 0. The van der Waals surface area contributed by atoms with E-state index in [1.165, 1.54) is 26.4 Å². The predicted octanol–water partition coefficient (Wildman–Crippen LogP) is 1.58. The molecule has 0 amide bonds. The second-order valence-electron chi connectivity index (χ2n) is 4.78. The molecule has 3 heteroatoms. The van der Waals surface area contributed by atoms with Crippen LogP contribution >= 0.6 is 0 Å². The largest absolute Gasteiger partial charge is 0.469 e. The number of ether oxygens (including phenoxy) is 1. The van der Waals surface area contributed by atoms with Crippen LogP contribution in [0.1, 0.15) is 33.1 Å². The maximum atomic E-state index is 11.3. The monoisotopic (exact) mass is 199 g/mol. The summed E-state index contributed by atoms with van der Waals surface area (Å²) in [6.45, 7) is 5.53. The Morgan fingerprint density at radius 1 is 1.50 bits per heavy atom. The fourth-order valence-corrected chi connectivity index (χ4v) is 1.46. The van der Waals surface area contributed by atoms with Gasteiger partial charge < -0.3 is 10.1 Å². The van der Waals surface area contributed by atoms with Gasteiger partial charge >= 0.3 is 5.97 Å². The van der Waals surface area contributed by atoms with E-state index in [4.69, 9.17) is 4.74 Å². The van der Waals surface area contributed by atoms with Crippen LogP contribution < -0.4 is 5.32 Å². The smallest absolute Gasteiger partial charge is 0.312 e. The molecule has 0 bridgehead atoms. The van der Waals surface area contributed by atoms with Crippen molar-refractivity contribution in [2.45, 2.75) is 33.1 Å². The summed E-state index contributed by atoms with van der Waals surface area (Å²) in [6, 6.07) is 0. The van der Waals surface area contributed by atoms with Gasteiger partial charge in [-0.1, -0.05) is 12.8 Å². The summed E-state index contributed by atoms with van der Waals surface area (Å²) in [6.07, 6.45) is 4.03. The summed E-state index contributed by atoms with van der Waals surface area (Å²) in [5, 5.41) is 3.31. The first kappa shape index (κ1) is 11.5. The van der Waals surface area contributed by atoms with Crippen LogP contribution in [0.3, 0.4) is 0 Å². The number of rotatable bonds is 6. The lowest BCUT2D eigenvalue weighted by Crippen LogP contribution is -2.37. The van der Waals surface area contributed by atoms with Crippen molar-refractivity contribution in [1.29, 1.82) is 0 Å². The molecule has 0 saturated heterocycles. The van der Waals surface area contributed by atoms with Crippen molar-refractivity contribution in [2.75, 3.05) is 20.2 Å². The van der Waals surface area contributed by atoms with Gasteiger partial charge in [0, 0.05) is 6.54 Å².